The highest BCUT2D eigenvalue weighted by molar-refractivity contribution is 5.84. The molecule has 0 saturated carbocycles. The molecule has 0 fully saturated rings. The van der Waals surface area contributed by atoms with Crippen LogP contribution in [0.1, 0.15) is 11.1 Å². The number of hydrogen-bond acceptors (Lipinski definition) is 6. The standard InChI is InChI=1S/C19H12F3N5O2/c20-14-8-4-7-12(16(14)29-18(21)22)10-24-27-19-25-15(11-5-2-1-3-6-11)13(9-23)17(28)26-19/h1-8,10,18H,(H2,25,26,27,28). The molecule has 146 valence electrons. The van der Waals surface area contributed by atoms with E-state index in [1.165, 1.54) is 12.1 Å². The Balaban J connectivity index is 1.91. The summed E-state index contributed by atoms with van der Waals surface area (Å²) in [4.78, 5) is 18.7. The molecule has 3 rings (SSSR count). The summed E-state index contributed by atoms with van der Waals surface area (Å²) in [6.45, 7) is -3.21. The number of nitrogens with one attached hydrogen (secondary N) is 2. The summed E-state index contributed by atoms with van der Waals surface area (Å²) in [5, 5.41) is 13.0. The number of hydrazone groups is 1. The van der Waals surface area contributed by atoms with Gasteiger partial charge >= 0.3 is 6.61 Å². The molecule has 7 nitrogen and oxygen atoms in total. The van der Waals surface area contributed by atoms with Gasteiger partial charge in [0.05, 0.1) is 11.9 Å². The van der Waals surface area contributed by atoms with Crippen LogP contribution in [0.15, 0.2) is 58.4 Å². The second-order valence-corrected chi connectivity index (χ2v) is 5.52. The number of nitriles is 1. The first-order valence-electron chi connectivity index (χ1n) is 8.12. The van der Waals surface area contributed by atoms with Crippen molar-refractivity contribution in [1.82, 2.24) is 9.97 Å². The van der Waals surface area contributed by atoms with E-state index in [2.05, 4.69) is 25.2 Å². The van der Waals surface area contributed by atoms with Crippen LogP contribution >= 0.6 is 0 Å². The number of H-pyrrole nitrogens is 1. The number of nitrogens with zero attached hydrogens (tertiary/aromatic N) is 3. The molecular formula is C19H12F3N5O2. The van der Waals surface area contributed by atoms with Gasteiger partial charge in [-0.3, -0.25) is 9.78 Å². The Bertz CT molecular complexity index is 1140. The van der Waals surface area contributed by atoms with E-state index in [4.69, 9.17) is 0 Å². The van der Waals surface area contributed by atoms with Crippen LogP contribution in [0.25, 0.3) is 11.3 Å². The number of benzene rings is 2. The minimum absolute atomic E-state index is 0.0583. The lowest BCUT2D eigenvalue weighted by molar-refractivity contribution is -0.0522. The molecule has 0 saturated heterocycles. The lowest BCUT2D eigenvalue weighted by Crippen LogP contribution is -2.16. The fourth-order valence-corrected chi connectivity index (χ4v) is 2.44. The Kier molecular flexibility index (Phi) is 5.89. The maximum atomic E-state index is 13.7. The number of para-hydroxylation sites is 1. The molecule has 0 unspecified atom stereocenters. The molecule has 0 radical (unpaired) electrons. The molecule has 10 heteroatoms. The molecule has 29 heavy (non-hydrogen) atoms. The van der Waals surface area contributed by atoms with E-state index in [1.807, 2.05) is 0 Å². The third-order valence-electron chi connectivity index (χ3n) is 3.66. The summed E-state index contributed by atoms with van der Waals surface area (Å²) in [6.07, 6.45) is 1.03. The largest absolute Gasteiger partial charge is 0.431 e. The average Bonchev–Trinajstić information content (AvgIpc) is 2.70. The summed E-state index contributed by atoms with van der Waals surface area (Å²) in [6, 6.07) is 13.9. The Morgan fingerprint density at radius 3 is 2.66 bits per heavy atom. The first-order chi connectivity index (χ1) is 14.0. The van der Waals surface area contributed by atoms with Crippen molar-refractivity contribution in [2.24, 2.45) is 5.10 Å². The van der Waals surface area contributed by atoms with Crippen molar-refractivity contribution in [2.75, 3.05) is 5.43 Å². The smallest absolute Gasteiger partial charge is 0.387 e. The van der Waals surface area contributed by atoms with Gasteiger partial charge in [0.15, 0.2) is 11.6 Å². The second-order valence-electron chi connectivity index (χ2n) is 5.52. The van der Waals surface area contributed by atoms with Crippen molar-refractivity contribution in [1.29, 1.82) is 5.26 Å². The highest BCUT2D eigenvalue weighted by atomic mass is 19.3. The number of hydrogen-bond donors (Lipinski definition) is 2. The molecular weight excluding hydrogens is 387 g/mol. The quantitative estimate of drug-likeness (QED) is 0.488. The van der Waals surface area contributed by atoms with E-state index in [0.717, 1.165) is 12.3 Å². The molecule has 1 heterocycles. The molecule has 1 aromatic heterocycles. The van der Waals surface area contributed by atoms with Crippen molar-refractivity contribution >= 4 is 12.2 Å². The van der Waals surface area contributed by atoms with E-state index < -0.39 is 23.7 Å². The Labute approximate surface area is 162 Å². The zero-order valence-electron chi connectivity index (χ0n) is 14.6. The number of alkyl halides is 2. The van der Waals surface area contributed by atoms with Crippen LogP contribution in [0, 0.1) is 17.1 Å². The third kappa shape index (κ3) is 4.59. The summed E-state index contributed by atoms with van der Waals surface area (Å²) >= 11 is 0. The van der Waals surface area contributed by atoms with E-state index in [1.54, 1.807) is 36.4 Å². The van der Waals surface area contributed by atoms with Crippen LogP contribution in [-0.2, 0) is 0 Å². The fourth-order valence-electron chi connectivity index (χ4n) is 2.44. The summed E-state index contributed by atoms with van der Waals surface area (Å²) in [5.41, 5.74) is 2.18. The highest BCUT2D eigenvalue weighted by Gasteiger charge is 2.14. The van der Waals surface area contributed by atoms with Gasteiger partial charge < -0.3 is 4.74 Å². The molecule has 0 aliphatic rings. The molecule has 3 aromatic rings. The van der Waals surface area contributed by atoms with E-state index in [0.29, 0.717) is 5.56 Å². The minimum atomic E-state index is -3.21. The van der Waals surface area contributed by atoms with Crippen molar-refractivity contribution in [2.45, 2.75) is 6.61 Å². The molecule has 2 N–H and O–H groups in total. The lowest BCUT2D eigenvalue weighted by Gasteiger charge is -2.08. The van der Waals surface area contributed by atoms with E-state index in [9.17, 15) is 23.2 Å². The Morgan fingerprint density at radius 1 is 1.21 bits per heavy atom. The predicted molar refractivity (Wildman–Crippen MR) is 99.3 cm³/mol. The average molecular weight is 399 g/mol. The zero-order chi connectivity index (χ0) is 20.8. The zero-order valence-corrected chi connectivity index (χ0v) is 14.6. The fraction of sp³-hybridized carbons (Fsp3) is 0.0526. The van der Waals surface area contributed by atoms with Crippen LogP contribution in [0.4, 0.5) is 19.1 Å². The van der Waals surface area contributed by atoms with Gasteiger partial charge in [-0.1, -0.05) is 36.4 Å². The van der Waals surface area contributed by atoms with E-state index in [-0.39, 0.29) is 22.8 Å². The Hall–Kier alpha value is -4.13. The molecule has 0 atom stereocenters. The summed E-state index contributed by atoms with van der Waals surface area (Å²) in [7, 11) is 0. The monoisotopic (exact) mass is 399 g/mol. The first kappa shape index (κ1) is 19.6. The van der Waals surface area contributed by atoms with Crippen molar-refractivity contribution in [3.8, 4) is 23.1 Å². The number of halogens is 3. The van der Waals surface area contributed by atoms with Gasteiger partial charge in [0.1, 0.15) is 11.6 Å². The van der Waals surface area contributed by atoms with Crippen LogP contribution in [0.5, 0.6) is 5.75 Å². The highest BCUT2D eigenvalue weighted by Crippen LogP contribution is 2.23. The Morgan fingerprint density at radius 2 is 1.97 bits per heavy atom. The van der Waals surface area contributed by atoms with Crippen LogP contribution in [0.3, 0.4) is 0 Å². The van der Waals surface area contributed by atoms with Crippen molar-refractivity contribution in [3.05, 3.63) is 75.8 Å². The minimum Gasteiger partial charge on any atom is -0.431 e. The van der Waals surface area contributed by atoms with Crippen LogP contribution in [-0.4, -0.2) is 22.8 Å². The van der Waals surface area contributed by atoms with Gasteiger partial charge in [0.2, 0.25) is 5.95 Å². The molecule has 0 amide bonds. The van der Waals surface area contributed by atoms with Crippen LogP contribution < -0.4 is 15.7 Å². The molecule has 2 aromatic carbocycles. The maximum absolute atomic E-state index is 13.7. The van der Waals surface area contributed by atoms with Crippen LogP contribution in [0.2, 0.25) is 0 Å². The topological polar surface area (TPSA) is 103 Å². The summed E-state index contributed by atoms with van der Waals surface area (Å²) < 4.78 is 42.8. The number of aromatic amines is 1. The van der Waals surface area contributed by atoms with Gasteiger partial charge in [-0.05, 0) is 12.1 Å². The van der Waals surface area contributed by atoms with E-state index >= 15 is 0 Å². The van der Waals surface area contributed by atoms with Gasteiger partial charge in [-0.2, -0.15) is 19.1 Å². The third-order valence-corrected chi connectivity index (χ3v) is 3.66. The summed E-state index contributed by atoms with van der Waals surface area (Å²) in [5.74, 6) is -1.75. The predicted octanol–water partition coefficient (Wildman–Crippen LogP) is 3.50. The molecule has 0 aliphatic heterocycles. The van der Waals surface area contributed by atoms with Gasteiger partial charge in [-0.15, -0.1) is 0 Å². The number of rotatable bonds is 6. The molecule has 0 bridgehead atoms. The normalized spacial score (nSPS) is 10.9. The first-order valence-corrected chi connectivity index (χ1v) is 8.12. The van der Waals surface area contributed by atoms with Crippen molar-refractivity contribution in [3.63, 3.8) is 0 Å². The van der Waals surface area contributed by atoms with Gasteiger partial charge in [0, 0.05) is 11.1 Å². The van der Waals surface area contributed by atoms with Crippen molar-refractivity contribution < 1.29 is 17.9 Å². The lowest BCUT2D eigenvalue weighted by atomic mass is 10.1. The van der Waals surface area contributed by atoms with Gasteiger partial charge in [0.25, 0.3) is 5.56 Å². The van der Waals surface area contributed by atoms with Gasteiger partial charge in [-0.25, -0.2) is 14.8 Å². The SMILES string of the molecule is N#Cc1c(-c2ccccc2)nc(NN=Cc2cccc(F)c2OC(F)F)[nH]c1=O. The molecule has 0 spiro atoms. The number of aromatic nitrogens is 2. The number of anilines is 1. The number of ether oxygens (including phenoxy) is 1. The maximum Gasteiger partial charge on any atom is 0.387 e. The second kappa shape index (κ2) is 8.71. The molecule has 0 aliphatic carbocycles.